The van der Waals surface area contributed by atoms with Crippen LogP contribution in [0.4, 0.5) is 14.9 Å². The lowest BCUT2D eigenvalue weighted by atomic mass is 9.95. The number of nitrogens with one attached hydrogen (secondary N) is 1. The molecule has 4 aromatic rings. The van der Waals surface area contributed by atoms with Gasteiger partial charge in [0.2, 0.25) is 0 Å². The van der Waals surface area contributed by atoms with Crippen molar-refractivity contribution in [2.45, 2.75) is 32.4 Å². The van der Waals surface area contributed by atoms with Crippen molar-refractivity contribution in [2.24, 2.45) is 5.73 Å². The molecule has 0 saturated carbocycles. The van der Waals surface area contributed by atoms with Gasteiger partial charge in [0.1, 0.15) is 5.82 Å². The topological polar surface area (TPSA) is 104 Å². The number of amides is 1. The molecular formula is C28H27ClFN5O2. The number of nitrogens with two attached hydrogens (primary N) is 1. The lowest BCUT2D eigenvalue weighted by Crippen LogP contribution is -2.40. The summed E-state index contributed by atoms with van der Waals surface area (Å²) < 4.78 is 14.4. The third kappa shape index (κ3) is 5.21. The fourth-order valence-corrected chi connectivity index (χ4v) is 5.19. The smallest absolute Gasteiger partial charge is 0.404 e. The van der Waals surface area contributed by atoms with Gasteiger partial charge in [0.05, 0.1) is 16.2 Å². The molecule has 0 spiro atoms. The first-order valence-corrected chi connectivity index (χ1v) is 12.5. The molecular weight excluding hydrogens is 493 g/mol. The maximum absolute atomic E-state index is 14.4. The van der Waals surface area contributed by atoms with Gasteiger partial charge < -0.3 is 21.1 Å². The molecule has 37 heavy (non-hydrogen) atoms. The van der Waals surface area contributed by atoms with Gasteiger partial charge in [0.25, 0.3) is 0 Å². The van der Waals surface area contributed by atoms with Gasteiger partial charge in [-0.1, -0.05) is 23.7 Å². The predicted octanol–water partition coefficient (Wildman–Crippen LogP) is 5.76. The third-order valence-electron chi connectivity index (χ3n) is 6.78. The summed E-state index contributed by atoms with van der Waals surface area (Å²) in [5, 5.41) is 12.8. The first-order valence-electron chi connectivity index (χ1n) is 12.1. The lowest BCUT2D eigenvalue weighted by Gasteiger charge is -2.34. The number of nitrogens with zero attached hydrogens (tertiary/aromatic N) is 3. The molecule has 5 rings (SSSR count). The van der Waals surface area contributed by atoms with Crippen LogP contribution in [0.3, 0.4) is 0 Å². The van der Waals surface area contributed by atoms with E-state index in [1.807, 2.05) is 37.4 Å². The molecule has 4 N–H and O–H groups in total. The summed E-state index contributed by atoms with van der Waals surface area (Å²) in [5.41, 5.74) is 12.6. The molecule has 2 aromatic heterocycles. The zero-order chi connectivity index (χ0) is 26.1. The van der Waals surface area contributed by atoms with Crippen molar-refractivity contribution >= 4 is 34.3 Å². The molecule has 0 bridgehead atoms. The van der Waals surface area contributed by atoms with E-state index in [-0.39, 0.29) is 18.4 Å². The van der Waals surface area contributed by atoms with Crippen molar-refractivity contribution in [2.75, 3.05) is 18.0 Å². The van der Waals surface area contributed by atoms with E-state index in [4.69, 9.17) is 27.4 Å². The molecule has 1 saturated heterocycles. The largest absolute Gasteiger partial charge is 0.465 e. The van der Waals surface area contributed by atoms with Crippen molar-refractivity contribution in [3.8, 4) is 22.3 Å². The summed E-state index contributed by atoms with van der Waals surface area (Å²) >= 11 is 6.42. The molecule has 9 heteroatoms. The molecule has 3 heterocycles. The summed E-state index contributed by atoms with van der Waals surface area (Å²) in [4.78, 5) is 22.4. The number of hydrogen-bond donors (Lipinski definition) is 3. The van der Waals surface area contributed by atoms with Crippen molar-refractivity contribution in [1.29, 1.82) is 0 Å². The molecule has 1 aliphatic rings. The summed E-state index contributed by atoms with van der Waals surface area (Å²) in [6.07, 6.45) is 5.56. The Kier molecular flexibility index (Phi) is 6.95. The van der Waals surface area contributed by atoms with Gasteiger partial charge in [0.15, 0.2) is 0 Å². The van der Waals surface area contributed by atoms with Gasteiger partial charge in [-0.25, -0.2) is 9.18 Å². The van der Waals surface area contributed by atoms with Gasteiger partial charge in [-0.05, 0) is 60.7 Å². The van der Waals surface area contributed by atoms with Crippen LogP contribution in [0, 0.1) is 12.7 Å². The van der Waals surface area contributed by atoms with E-state index in [9.17, 15) is 9.18 Å². The van der Waals surface area contributed by atoms with Crippen LogP contribution >= 0.6 is 11.6 Å². The van der Waals surface area contributed by atoms with Gasteiger partial charge >= 0.3 is 6.09 Å². The minimum absolute atomic E-state index is 0.0434. The summed E-state index contributed by atoms with van der Waals surface area (Å²) in [7, 11) is 0. The fourth-order valence-electron chi connectivity index (χ4n) is 4.97. The molecule has 0 aliphatic carbocycles. The highest BCUT2D eigenvalue weighted by Gasteiger charge is 2.23. The minimum Gasteiger partial charge on any atom is -0.465 e. The van der Waals surface area contributed by atoms with E-state index < -0.39 is 6.09 Å². The Bertz CT molecular complexity index is 1470. The first-order chi connectivity index (χ1) is 17.8. The van der Waals surface area contributed by atoms with Crippen LogP contribution in [0.5, 0.6) is 0 Å². The SMILES string of the molecule is Cc1cc(F)cc(-c2cnc3ccc(-c4cncc(Cl)c4CNC(=O)O)cc3c2N2CCC(N)CC2)c1. The molecule has 1 amide bonds. The Balaban J connectivity index is 1.72. The van der Waals surface area contributed by atoms with Crippen LogP contribution in [0.15, 0.2) is 55.0 Å². The number of carboxylic acid groups (broad SMARTS) is 1. The number of fused-ring (bicyclic) bond motifs is 1. The molecule has 7 nitrogen and oxygen atoms in total. The molecule has 0 radical (unpaired) electrons. The number of carbonyl (C=O) groups is 1. The van der Waals surface area contributed by atoms with Crippen LogP contribution in [0.1, 0.15) is 24.0 Å². The van der Waals surface area contributed by atoms with E-state index in [2.05, 4.69) is 15.2 Å². The van der Waals surface area contributed by atoms with Gasteiger partial charge in [-0.3, -0.25) is 9.97 Å². The van der Waals surface area contributed by atoms with E-state index >= 15 is 0 Å². The number of pyridine rings is 2. The average Bonchev–Trinajstić information content (AvgIpc) is 2.87. The highest BCUT2D eigenvalue weighted by molar-refractivity contribution is 6.31. The lowest BCUT2D eigenvalue weighted by molar-refractivity contribution is 0.194. The first kappa shape index (κ1) is 24.9. The number of anilines is 1. The molecule has 1 fully saturated rings. The molecule has 1 aliphatic heterocycles. The second-order valence-corrected chi connectivity index (χ2v) is 9.81. The van der Waals surface area contributed by atoms with Crippen LogP contribution in [0.2, 0.25) is 5.02 Å². The number of benzene rings is 2. The van der Waals surface area contributed by atoms with E-state index in [1.54, 1.807) is 6.20 Å². The summed E-state index contributed by atoms with van der Waals surface area (Å²) in [6, 6.07) is 11.0. The highest BCUT2D eigenvalue weighted by atomic mass is 35.5. The van der Waals surface area contributed by atoms with Gasteiger partial charge in [-0.2, -0.15) is 0 Å². The molecule has 0 unspecified atom stereocenters. The molecule has 0 atom stereocenters. The second-order valence-electron chi connectivity index (χ2n) is 9.40. The average molecular weight is 520 g/mol. The van der Waals surface area contributed by atoms with Gasteiger partial charge in [0, 0.05) is 66.3 Å². The normalized spacial score (nSPS) is 14.2. The van der Waals surface area contributed by atoms with Crippen LogP contribution < -0.4 is 16.0 Å². The number of aromatic nitrogens is 2. The standard InChI is InChI=1S/C28H27ClFN5O2/c1-16-8-18(10-19(30)9-16)23-13-33-26-3-2-17(11-21(26)27(23)35-6-4-20(31)5-7-35)22-12-32-15-25(29)24(22)14-34-28(36)37/h2-3,8-13,15,20,34H,4-7,14,31H2,1H3,(H,36,37). The van der Waals surface area contributed by atoms with E-state index in [0.717, 1.165) is 70.3 Å². The Hall–Kier alpha value is -3.75. The molecule has 2 aromatic carbocycles. The number of aryl methyl sites for hydroxylation is 1. The highest BCUT2D eigenvalue weighted by Crippen LogP contribution is 2.40. The molecule has 190 valence electrons. The minimum atomic E-state index is -1.14. The van der Waals surface area contributed by atoms with Crippen molar-refractivity contribution in [1.82, 2.24) is 15.3 Å². The monoisotopic (exact) mass is 519 g/mol. The van der Waals surface area contributed by atoms with E-state index in [1.165, 1.54) is 18.3 Å². The Morgan fingerprint density at radius 3 is 2.65 bits per heavy atom. The maximum atomic E-state index is 14.4. The zero-order valence-electron chi connectivity index (χ0n) is 20.3. The van der Waals surface area contributed by atoms with Crippen LogP contribution in [-0.2, 0) is 6.54 Å². The van der Waals surface area contributed by atoms with E-state index in [0.29, 0.717) is 10.6 Å². The number of piperidine rings is 1. The predicted molar refractivity (Wildman–Crippen MR) is 144 cm³/mol. The Morgan fingerprint density at radius 2 is 1.92 bits per heavy atom. The Labute approximate surface area is 219 Å². The number of hydrogen-bond acceptors (Lipinski definition) is 5. The number of halogens is 2. The second kappa shape index (κ2) is 10.3. The summed E-state index contributed by atoms with van der Waals surface area (Å²) in [5.74, 6) is -0.295. The van der Waals surface area contributed by atoms with Crippen molar-refractivity contribution in [3.05, 3.63) is 77.0 Å². The van der Waals surface area contributed by atoms with Crippen LogP contribution in [-0.4, -0.2) is 40.3 Å². The Morgan fingerprint density at radius 1 is 1.14 bits per heavy atom. The van der Waals surface area contributed by atoms with Crippen molar-refractivity contribution < 1.29 is 14.3 Å². The quantitative estimate of drug-likeness (QED) is 0.309. The van der Waals surface area contributed by atoms with Gasteiger partial charge in [-0.15, -0.1) is 0 Å². The third-order valence-corrected chi connectivity index (χ3v) is 7.11. The maximum Gasteiger partial charge on any atom is 0.404 e. The fraction of sp³-hybridized carbons (Fsp3) is 0.250. The zero-order valence-corrected chi connectivity index (χ0v) is 21.1. The summed E-state index contributed by atoms with van der Waals surface area (Å²) in [6.45, 7) is 3.47. The van der Waals surface area contributed by atoms with Crippen LogP contribution in [0.25, 0.3) is 33.2 Å². The number of rotatable bonds is 5. The van der Waals surface area contributed by atoms with Crippen molar-refractivity contribution in [3.63, 3.8) is 0 Å².